The molecule has 21 heavy (non-hydrogen) atoms. The Morgan fingerprint density at radius 3 is 2.76 bits per heavy atom. The highest BCUT2D eigenvalue weighted by atomic mass is 32.2. The second-order valence-electron chi connectivity index (χ2n) is 4.32. The molecule has 1 aromatic rings. The molecule has 1 rings (SSSR count). The van der Waals surface area contributed by atoms with Crippen LogP contribution in [0, 0.1) is 17.7 Å². The molecule has 0 aromatic heterocycles. The van der Waals surface area contributed by atoms with E-state index in [0.29, 0.717) is 5.56 Å². The van der Waals surface area contributed by atoms with E-state index in [2.05, 4.69) is 16.6 Å². The van der Waals surface area contributed by atoms with Gasteiger partial charge in [-0.2, -0.15) is 11.8 Å². The molecule has 0 aliphatic heterocycles. The SMILES string of the molecule is CSC(C)CNS(=O)(=O)c1ccc(C#CCCO)cc1F. The van der Waals surface area contributed by atoms with Gasteiger partial charge in [-0.15, -0.1) is 0 Å². The van der Waals surface area contributed by atoms with E-state index in [0.717, 1.165) is 6.07 Å². The highest BCUT2D eigenvalue weighted by molar-refractivity contribution is 7.99. The van der Waals surface area contributed by atoms with Crippen molar-refractivity contribution >= 4 is 21.8 Å². The van der Waals surface area contributed by atoms with Gasteiger partial charge in [0, 0.05) is 23.8 Å². The summed E-state index contributed by atoms with van der Waals surface area (Å²) in [5, 5.41) is 8.71. The van der Waals surface area contributed by atoms with Gasteiger partial charge >= 0.3 is 0 Å². The van der Waals surface area contributed by atoms with Crippen molar-refractivity contribution < 1.29 is 17.9 Å². The molecule has 0 aliphatic rings. The van der Waals surface area contributed by atoms with Crippen LogP contribution in [0.5, 0.6) is 0 Å². The van der Waals surface area contributed by atoms with Gasteiger partial charge < -0.3 is 5.11 Å². The van der Waals surface area contributed by atoms with E-state index in [-0.39, 0.29) is 29.7 Å². The van der Waals surface area contributed by atoms with Crippen LogP contribution in [0.25, 0.3) is 0 Å². The third-order valence-electron chi connectivity index (χ3n) is 2.65. The van der Waals surface area contributed by atoms with Crippen LogP contribution >= 0.6 is 11.8 Å². The lowest BCUT2D eigenvalue weighted by Gasteiger charge is -2.11. The maximum absolute atomic E-state index is 13.9. The zero-order valence-electron chi connectivity index (χ0n) is 11.9. The fraction of sp³-hybridized carbons (Fsp3) is 0.429. The smallest absolute Gasteiger partial charge is 0.243 e. The van der Waals surface area contributed by atoms with Crippen LogP contribution in [0.15, 0.2) is 23.1 Å². The first-order chi connectivity index (χ1) is 9.90. The molecule has 0 bridgehead atoms. The van der Waals surface area contributed by atoms with Crippen LogP contribution < -0.4 is 4.72 Å². The van der Waals surface area contributed by atoms with Crippen LogP contribution in [-0.4, -0.2) is 38.2 Å². The normalized spacial score (nSPS) is 12.6. The van der Waals surface area contributed by atoms with Crippen LogP contribution in [0.4, 0.5) is 4.39 Å². The Morgan fingerprint density at radius 2 is 2.19 bits per heavy atom. The summed E-state index contributed by atoms with van der Waals surface area (Å²) in [5.74, 6) is 4.47. The number of halogens is 1. The van der Waals surface area contributed by atoms with E-state index >= 15 is 0 Å². The van der Waals surface area contributed by atoms with Crippen molar-refractivity contribution in [1.82, 2.24) is 4.72 Å². The average Bonchev–Trinajstić information content (AvgIpc) is 2.45. The van der Waals surface area contributed by atoms with Crippen molar-refractivity contribution in [3.63, 3.8) is 0 Å². The number of hydrogen-bond acceptors (Lipinski definition) is 4. The molecular formula is C14H18FNO3S2. The lowest BCUT2D eigenvalue weighted by Crippen LogP contribution is -2.30. The summed E-state index contributed by atoms with van der Waals surface area (Å²) in [4.78, 5) is -0.386. The van der Waals surface area contributed by atoms with E-state index in [1.165, 1.54) is 23.9 Å². The molecule has 1 unspecified atom stereocenters. The molecule has 1 atom stereocenters. The zero-order chi connectivity index (χ0) is 15.9. The quantitative estimate of drug-likeness (QED) is 0.777. The van der Waals surface area contributed by atoms with Gasteiger partial charge in [0.1, 0.15) is 10.7 Å². The van der Waals surface area contributed by atoms with Gasteiger partial charge in [0.15, 0.2) is 0 Å². The first kappa shape index (κ1) is 18.0. The van der Waals surface area contributed by atoms with Gasteiger partial charge in [-0.05, 0) is 24.5 Å². The lowest BCUT2D eigenvalue weighted by atomic mass is 10.2. The van der Waals surface area contributed by atoms with Crippen LogP contribution in [-0.2, 0) is 10.0 Å². The summed E-state index contributed by atoms with van der Waals surface area (Å²) in [6.45, 7) is 2.05. The predicted molar refractivity (Wildman–Crippen MR) is 83.1 cm³/mol. The molecule has 0 heterocycles. The standard InChI is InChI=1S/C14H18FNO3S2/c1-11(20-2)10-16-21(18,19)14-7-6-12(9-13(14)15)5-3-4-8-17/h6-7,9,11,16-17H,4,8,10H2,1-2H3. The average molecular weight is 331 g/mol. The fourth-order valence-electron chi connectivity index (χ4n) is 1.41. The molecular weight excluding hydrogens is 313 g/mol. The summed E-state index contributed by atoms with van der Waals surface area (Å²) in [6, 6.07) is 3.72. The minimum atomic E-state index is -3.86. The van der Waals surface area contributed by atoms with Crippen LogP contribution in [0.1, 0.15) is 18.9 Å². The molecule has 4 nitrogen and oxygen atoms in total. The maximum atomic E-state index is 13.9. The summed E-state index contributed by atoms with van der Waals surface area (Å²) in [6.07, 6.45) is 2.16. The number of aliphatic hydroxyl groups is 1. The summed E-state index contributed by atoms with van der Waals surface area (Å²) < 4.78 is 40.3. The van der Waals surface area contributed by atoms with Gasteiger partial charge in [0.05, 0.1) is 6.61 Å². The molecule has 0 saturated carbocycles. The summed E-state index contributed by atoms with van der Waals surface area (Å²) in [5.41, 5.74) is 0.373. The zero-order valence-corrected chi connectivity index (χ0v) is 13.5. The molecule has 116 valence electrons. The monoisotopic (exact) mass is 331 g/mol. The number of aliphatic hydroxyl groups excluding tert-OH is 1. The third-order valence-corrected chi connectivity index (χ3v) is 5.08. The van der Waals surface area contributed by atoms with Gasteiger partial charge in [0.25, 0.3) is 0 Å². The van der Waals surface area contributed by atoms with Crippen molar-refractivity contribution in [3.8, 4) is 11.8 Å². The number of hydrogen-bond donors (Lipinski definition) is 2. The van der Waals surface area contributed by atoms with E-state index in [1.54, 1.807) is 0 Å². The second kappa shape index (κ2) is 8.39. The molecule has 0 radical (unpaired) electrons. The predicted octanol–water partition coefficient (Wildman–Crippen LogP) is 1.59. The maximum Gasteiger partial charge on any atom is 0.243 e. The Balaban J connectivity index is 2.91. The first-order valence-electron chi connectivity index (χ1n) is 6.32. The minimum Gasteiger partial charge on any atom is -0.395 e. The van der Waals surface area contributed by atoms with E-state index in [9.17, 15) is 12.8 Å². The Hall–Kier alpha value is -1.07. The molecule has 1 aromatic carbocycles. The molecule has 0 fully saturated rings. The molecule has 7 heteroatoms. The van der Waals surface area contributed by atoms with Crippen molar-refractivity contribution in [2.24, 2.45) is 0 Å². The Labute approximate surface area is 129 Å². The fourth-order valence-corrected chi connectivity index (χ4v) is 2.95. The van der Waals surface area contributed by atoms with Crippen LogP contribution in [0.3, 0.4) is 0 Å². The third kappa shape index (κ3) is 5.67. The van der Waals surface area contributed by atoms with E-state index < -0.39 is 15.8 Å². The number of rotatable bonds is 6. The van der Waals surface area contributed by atoms with Gasteiger partial charge in [-0.3, -0.25) is 0 Å². The minimum absolute atomic E-state index is 0.0700. The van der Waals surface area contributed by atoms with Gasteiger partial charge in [-0.25, -0.2) is 17.5 Å². The van der Waals surface area contributed by atoms with Crippen molar-refractivity contribution in [2.75, 3.05) is 19.4 Å². The Kier molecular flexibility index (Phi) is 7.18. The number of sulfonamides is 1. The largest absolute Gasteiger partial charge is 0.395 e. The number of thioether (sulfide) groups is 1. The van der Waals surface area contributed by atoms with Gasteiger partial charge in [-0.1, -0.05) is 18.8 Å². The highest BCUT2D eigenvalue weighted by Crippen LogP contribution is 2.16. The first-order valence-corrected chi connectivity index (χ1v) is 9.09. The number of nitrogens with one attached hydrogen (secondary N) is 1. The molecule has 0 amide bonds. The summed E-state index contributed by atoms with van der Waals surface area (Å²) >= 11 is 1.52. The second-order valence-corrected chi connectivity index (χ2v) is 7.33. The Bertz CT molecular complexity index is 635. The van der Waals surface area contributed by atoms with E-state index in [1.807, 2.05) is 13.2 Å². The van der Waals surface area contributed by atoms with Crippen LogP contribution in [0.2, 0.25) is 0 Å². The molecule has 0 saturated heterocycles. The highest BCUT2D eigenvalue weighted by Gasteiger charge is 2.19. The van der Waals surface area contributed by atoms with Crippen molar-refractivity contribution in [3.05, 3.63) is 29.6 Å². The topological polar surface area (TPSA) is 66.4 Å². The van der Waals surface area contributed by atoms with Crippen molar-refractivity contribution in [1.29, 1.82) is 0 Å². The summed E-state index contributed by atoms with van der Waals surface area (Å²) in [7, 11) is -3.86. The van der Waals surface area contributed by atoms with Crippen molar-refractivity contribution in [2.45, 2.75) is 23.5 Å². The molecule has 0 spiro atoms. The lowest BCUT2D eigenvalue weighted by molar-refractivity contribution is 0.305. The molecule has 0 aliphatic carbocycles. The van der Waals surface area contributed by atoms with E-state index in [4.69, 9.17) is 5.11 Å². The number of benzene rings is 1. The molecule has 2 N–H and O–H groups in total. The Morgan fingerprint density at radius 1 is 1.48 bits per heavy atom. The van der Waals surface area contributed by atoms with Gasteiger partial charge in [0.2, 0.25) is 10.0 Å².